The molecule has 0 amide bonds. The predicted molar refractivity (Wildman–Crippen MR) is 196 cm³/mol. The van der Waals surface area contributed by atoms with Gasteiger partial charge in [0.1, 0.15) is 48.5 Å². The van der Waals surface area contributed by atoms with Gasteiger partial charge in [-0.3, -0.25) is 14.4 Å². The molecule has 55 heavy (non-hydrogen) atoms. The molecular formula is C39H63NO15. The fraction of sp³-hybridized carbons (Fsp3) is 0.795. The number of carbonyl (C=O) groups excluding carboxylic acids is 4. The highest BCUT2D eigenvalue weighted by atomic mass is 16.7. The molecule has 0 radical (unpaired) electrons. The van der Waals surface area contributed by atoms with Crippen LogP contribution in [0, 0.1) is 11.8 Å². The largest absolute Gasteiger partial charge is 0.462 e. The molecule has 3 aliphatic heterocycles. The lowest BCUT2D eigenvalue weighted by molar-refractivity contribution is -0.344. The quantitative estimate of drug-likeness (QED) is 0.165. The highest BCUT2D eigenvalue weighted by molar-refractivity contribution is 5.72. The molecule has 2 fully saturated rings. The van der Waals surface area contributed by atoms with Crippen LogP contribution in [0.25, 0.3) is 0 Å². The Labute approximate surface area is 324 Å². The van der Waals surface area contributed by atoms with Crippen molar-refractivity contribution in [3.8, 4) is 0 Å². The summed E-state index contributed by atoms with van der Waals surface area (Å²) in [5.74, 6) is -3.02. The minimum absolute atomic E-state index is 0.00327. The van der Waals surface area contributed by atoms with E-state index in [2.05, 4.69) is 0 Å². The van der Waals surface area contributed by atoms with E-state index < -0.39 is 121 Å². The van der Waals surface area contributed by atoms with Crippen LogP contribution in [-0.2, 0) is 57.1 Å². The summed E-state index contributed by atoms with van der Waals surface area (Å²) in [5, 5.41) is 33.9. The summed E-state index contributed by atoms with van der Waals surface area (Å²) in [7, 11) is 4.84. The Balaban J connectivity index is 2.03. The summed E-state index contributed by atoms with van der Waals surface area (Å²) in [6, 6.07) is -0.782. The number of cyclic esters (lactones) is 1. The molecule has 0 aliphatic carbocycles. The average Bonchev–Trinajstić information content (AvgIpc) is 3.07. The third-order valence-corrected chi connectivity index (χ3v) is 10.5. The second kappa shape index (κ2) is 21.1. The second-order valence-corrected chi connectivity index (χ2v) is 15.4. The van der Waals surface area contributed by atoms with Gasteiger partial charge in [0, 0.05) is 40.2 Å². The number of aliphatic hydroxyl groups excluding tert-OH is 3. The summed E-state index contributed by atoms with van der Waals surface area (Å²) >= 11 is 0. The van der Waals surface area contributed by atoms with Gasteiger partial charge in [0.15, 0.2) is 12.6 Å². The van der Waals surface area contributed by atoms with Gasteiger partial charge in [0.05, 0.1) is 36.9 Å². The molecule has 0 aromatic heterocycles. The van der Waals surface area contributed by atoms with Crippen molar-refractivity contribution in [3.05, 3.63) is 24.3 Å². The zero-order chi connectivity index (χ0) is 41.2. The van der Waals surface area contributed by atoms with Gasteiger partial charge in [0.2, 0.25) is 0 Å². The van der Waals surface area contributed by atoms with Crippen LogP contribution in [0.3, 0.4) is 0 Å². The first-order chi connectivity index (χ1) is 25.8. The molecule has 16 nitrogen and oxygen atoms in total. The fourth-order valence-corrected chi connectivity index (χ4v) is 7.76. The first kappa shape index (κ1) is 46.6. The molecule has 314 valence electrons. The number of rotatable bonds is 10. The number of methoxy groups -OCH3 is 1. The highest BCUT2D eigenvalue weighted by Crippen LogP contribution is 2.38. The van der Waals surface area contributed by atoms with Crippen molar-refractivity contribution < 1.29 is 72.4 Å². The first-order valence-corrected chi connectivity index (χ1v) is 19.0. The van der Waals surface area contributed by atoms with E-state index in [1.807, 2.05) is 6.92 Å². The lowest BCUT2D eigenvalue weighted by Gasteiger charge is -2.50. The van der Waals surface area contributed by atoms with Crippen LogP contribution in [0.15, 0.2) is 24.3 Å². The number of likely N-dealkylation sites (N-methyl/N-ethyl adjacent to an activating group) is 1. The lowest BCUT2D eigenvalue weighted by Crippen LogP contribution is -2.66. The SMILES string of the molecule is CO[C@@H]1[C@@H](OC2O[C@H](C)[C@@H](O[C@H]3C[C@@](C)(OC(C)=O)[C@@H](O)[C@H](C)O3)[C@H](N(C)C)[C@H]2O)[C@@H](CC=O)C[C@@H](C)[C@@H](O)/C=C/C=C/C[C@@H](C)OC(=O)C[C@H]1OC(C)=O. The van der Waals surface area contributed by atoms with E-state index in [1.165, 1.54) is 21.0 Å². The van der Waals surface area contributed by atoms with Crippen molar-refractivity contribution in [1.82, 2.24) is 4.90 Å². The smallest absolute Gasteiger partial charge is 0.309 e. The van der Waals surface area contributed by atoms with E-state index in [0.29, 0.717) is 12.7 Å². The molecule has 0 aromatic rings. The molecule has 3 aliphatic rings. The summed E-state index contributed by atoms with van der Waals surface area (Å²) in [6.45, 7) is 10.9. The van der Waals surface area contributed by atoms with Gasteiger partial charge in [-0.15, -0.1) is 0 Å². The monoisotopic (exact) mass is 785 g/mol. The first-order valence-electron chi connectivity index (χ1n) is 19.0. The Bertz CT molecular complexity index is 1330. The van der Waals surface area contributed by atoms with Gasteiger partial charge in [-0.1, -0.05) is 31.2 Å². The van der Waals surface area contributed by atoms with Crippen molar-refractivity contribution in [2.75, 3.05) is 21.2 Å². The number of allylic oxidation sites excluding steroid dienone is 2. The fourth-order valence-electron chi connectivity index (χ4n) is 7.76. The number of carbonyl (C=O) groups is 4. The number of hydrogen-bond donors (Lipinski definition) is 3. The van der Waals surface area contributed by atoms with Gasteiger partial charge >= 0.3 is 17.9 Å². The van der Waals surface area contributed by atoms with Crippen molar-refractivity contribution in [3.63, 3.8) is 0 Å². The van der Waals surface area contributed by atoms with E-state index in [1.54, 1.807) is 71.0 Å². The molecule has 0 spiro atoms. The van der Waals surface area contributed by atoms with E-state index in [-0.39, 0.29) is 19.3 Å². The maximum Gasteiger partial charge on any atom is 0.309 e. The average molecular weight is 786 g/mol. The minimum atomic E-state index is -1.40. The number of hydrogen-bond acceptors (Lipinski definition) is 16. The van der Waals surface area contributed by atoms with Crippen molar-refractivity contribution >= 4 is 24.2 Å². The number of ether oxygens (including phenoxy) is 8. The van der Waals surface area contributed by atoms with Crippen molar-refractivity contribution in [2.24, 2.45) is 11.8 Å². The van der Waals surface area contributed by atoms with Crippen molar-refractivity contribution in [2.45, 2.75) is 166 Å². The minimum Gasteiger partial charge on any atom is -0.462 e. The summed E-state index contributed by atoms with van der Waals surface area (Å²) in [5.41, 5.74) is -1.31. The van der Waals surface area contributed by atoms with Gasteiger partial charge in [-0.25, -0.2) is 0 Å². The van der Waals surface area contributed by atoms with Gasteiger partial charge in [-0.05, 0) is 60.0 Å². The summed E-state index contributed by atoms with van der Waals surface area (Å²) in [6.07, 6.45) is -4.47. The van der Waals surface area contributed by atoms with Gasteiger partial charge in [0.25, 0.3) is 0 Å². The van der Waals surface area contributed by atoms with E-state index in [0.717, 1.165) is 0 Å². The van der Waals surface area contributed by atoms with Crippen molar-refractivity contribution in [1.29, 1.82) is 0 Å². The molecule has 3 heterocycles. The normalized spacial score (nSPS) is 42.1. The molecule has 3 N–H and O–H groups in total. The zero-order valence-corrected chi connectivity index (χ0v) is 33.8. The number of nitrogens with zero attached hydrogens (tertiary/aromatic N) is 1. The number of esters is 3. The summed E-state index contributed by atoms with van der Waals surface area (Å²) < 4.78 is 48.1. The van der Waals surface area contributed by atoms with Crippen LogP contribution in [0.1, 0.15) is 80.6 Å². The Morgan fingerprint density at radius 2 is 1.67 bits per heavy atom. The maximum atomic E-state index is 13.2. The van der Waals surface area contributed by atoms with Crippen LogP contribution < -0.4 is 0 Å². The molecular weight excluding hydrogens is 722 g/mol. The topological polar surface area (TPSA) is 206 Å². The maximum absolute atomic E-state index is 13.2. The molecule has 0 bridgehead atoms. The van der Waals surface area contributed by atoms with Gasteiger partial charge < -0.3 is 62.9 Å². The van der Waals surface area contributed by atoms with Crippen LogP contribution in [-0.4, -0.2) is 151 Å². The third-order valence-electron chi connectivity index (χ3n) is 10.5. The zero-order valence-electron chi connectivity index (χ0n) is 33.8. The predicted octanol–water partition coefficient (Wildman–Crippen LogP) is 1.99. The van der Waals surface area contributed by atoms with Gasteiger partial charge in [-0.2, -0.15) is 0 Å². The molecule has 0 aromatic carbocycles. The van der Waals surface area contributed by atoms with Crippen LogP contribution >= 0.6 is 0 Å². The van der Waals surface area contributed by atoms with Crippen LogP contribution in [0.2, 0.25) is 0 Å². The second-order valence-electron chi connectivity index (χ2n) is 15.4. The molecule has 2 saturated heterocycles. The van der Waals surface area contributed by atoms with Crippen LogP contribution in [0.4, 0.5) is 0 Å². The van der Waals surface area contributed by atoms with E-state index in [9.17, 15) is 34.5 Å². The van der Waals surface area contributed by atoms with E-state index in [4.69, 9.17) is 37.9 Å². The standard InChI is InChI=1S/C39H63NO15/c1-21-18-27(16-17-41)35(36(48-10)29(52-25(5)42)19-30(45)49-22(2)14-12-11-13-15-28(21)44)54-38-33(46)32(40(8)9)34(23(3)51-38)53-31-20-39(7,55-26(6)43)37(47)24(4)50-31/h11-13,15,17,21-24,27-29,31-38,44,46-47H,14,16,18-20H2,1-10H3/b12-11+,15-13+/t21-,22-,23-,24+,27+,28+,29-,31+,32-,33-,34-,35+,36+,37+,38?,39-/m1/s1. The lowest BCUT2D eigenvalue weighted by atomic mass is 9.82. The molecule has 16 heteroatoms. The van der Waals surface area contributed by atoms with Crippen LogP contribution in [0.5, 0.6) is 0 Å². The Kier molecular flexibility index (Phi) is 17.9. The molecule has 0 saturated carbocycles. The Morgan fingerprint density at radius 3 is 2.27 bits per heavy atom. The third kappa shape index (κ3) is 12.9. The Morgan fingerprint density at radius 1 is 0.982 bits per heavy atom. The number of aliphatic hydroxyl groups is 3. The molecule has 3 rings (SSSR count). The summed E-state index contributed by atoms with van der Waals surface area (Å²) in [4.78, 5) is 51.6. The molecule has 16 atom stereocenters. The van der Waals surface area contributed by atoms with E-state index >= 15 is 0 Å². The number of aldehydes is 1. The highest BCUT2D eigenvalue weighted by Gasteiger charge is 2.53. The Hall–Kier alpha value is -2.80. The molecule has 1 unspecified atom stereocenters.